The molecule has 1 aliphatic rings. The van der Waals surface area contributed by atoms with Crippen LogP contribution in [0.4, 0.5) is 0 Å². The Morgan fingerprint density at radius 2 is 2.25 bits per heavy atom. The topological polar surface area (TPSA) is 26.3 Å². The van der Waals surface area contributed by atoms with Crippen LogP contribution < -0.4 is 0 Å². The number of carbonyl (C=O) groups excluding carboxylic acids is 1. The largest absolute Gasteiger partial charge is 0.365 e. The average molecular weight is 170 g/mol. The van der Waals surface area contributed by atoms with Crippen molar-refractivity contribution in [3.05, 3.63) is 0 Å². The van der Waals surface area contributed by atoms with Gasteiger partial charge in [0.05, 0.1) is 6.10 Å². The Balaban J connectivity index is 2.67. The van der Waals surface area contributed by atoms with Gasteiger partial charge in [-0.1, -0.05) is 6.92 Å². The first kappa shape index (κ1) is 9.72. The van der Waals surface area contributed by atoms with Crippen LogP contribution >= 0.6 is 0 Å². The normalized spacial score (nSPS) is 35.8. The van der Waals surface area contributed by atoms with Crippen molar-refractivity contribution >= 4 is 6.29 Å². The summed E-state index contributed by atoms with van der Waals surface area (Å²) in [6.45, 7) is 6.07. The van der Waals surface area contributed by atoms with Gasteiger partial charge in [0.2, 0.25) is 0 Å². The van der Waals surface area contributed by atoms with Crippen LogP contribution in [0.15, 0.2) is 0 Å². The molecule has 2 nitrogen and oxygen atoms in total. The highest BCUT2D eigenvalue weighted by Gasteiger charge is 2.41. The minimum atomic E-state index is -0.464. The van der Waals surface area contributed by atoms with E-state index in [0.29, 0.717) is 5.92 Å². The molecule has 2 unspecified atom stereocenters. The highest BCUT2D eigenvalue weighted by atomic mass is 16.5. The van der Waals surface area contributed by atoms with E-state index in [9.17, 15) is 4.79 Å². The smallest absolute Gasteiger partial charge is 0.152 e. The zero-order chi connectivity index (χ0) is 9.19. The summed E-state index contributed by atoms with van der Waals surface area (Å²) in [7, 11) is 0. The van der Waals surface area contributed by atoms with Crippen LogP contribution in [-0.4, -0.2) is 18.0 Å². The van der Waals surface area contributed by atoms with Crippen molar-refractivity contribution in [2.24, 2.45) is 5.92 Å². The van der Waals surface area contributed by atoms with Crippen molar-refractivity contribution in [1.82, 2.24) is 0 Å². The molecule has 1 rings (SSSR count). The Morgan fingerprint density at radius 1 is 1.58 bits per heavy atom. The maximum absolute atomic E-state index is 11.0. The Labute approximate surface area is 74.3 Å². The lowest BCUT2D eigenvalue weighted by Gasteiger charge is -2.30. The number of aldehydes is 1. The molecule has 0 spiro atoms. The number of rotatable bonds is 3. The SMILES string of the molecule is CC(C)OC1(C=O)CCCC1C. The molecule has 0 amide bonds. The van der Waals surface area contributed by atoms with Crippen molar-refractivity contribution in [1.29, 1.82) is 0 Å². The number of hydrogen-bond acceptors (Lipinski definition) is 2. The summed E-state index contributed by atoms with van der Waals surface area (Å²) in [5.41, 5.74) is -0.464. The van der Waals surface area contributed by atoms with Crippen molar-refractivity contribution in [3.63, 3.8) is 0 Å². The van der Waals surface area contributed by atoms with Gasteiger partial charge in [-0.05, 0) is 39.0 Å². The molecule has 1 saturated carbocycles. The van der Waals surface area contributed by atoms with E-state index in [0.717, 1.165) is 25.5 Å². The number of hydrogen-bond donors (Lipinski definition) is 0. The molecule has 1 fully saturated rings. The summed E-state index contributed by atoms with van der Waals surface area (Å²) in [6.07, 6.45) is 4.29. The Hall–Kier alpha value is -0.370. The van der Waals surface area contributed by atoms with E-state index in [4.69, 9.17) is 4.74 Å². The molecule has 2 heteroatoms. The van der Waals surface area contributed by atoms with Gasteiger partial charge in [0.25, 0.3) is 0 Å². The molecule has 70 valence electrons. The molecule has 0 saturated heterocycles. The van der Waals surface area contributed by atoms with Crippen LogP contribution in [-0.2, 0) is 9.53 Å². The van der Waals surface area contributed by atoms with E-state index in [2.05, 4.69) is 6.92 Å². The average Bonchev–Trinajstić information content (AvgIpc) is 2.32. The standard InChI is InChI=1S/C10H18O2/c1-8(2)12-10(7-11)6-4-5-9(10)3/h7-9H,4-6H2,1-3H3. The molecule has 2 atom stereocenters. The lowest BCUT2D eigenvalue weighted by atomic mass is 9.94. The van der Waals surface area contributed by atoms with E-state index in [1.807, 2.05) is 13.8 Å². The molecule has 0 aromatic heterocycles. The monoisotopic (exact) mass is 170 g/mol. The first-order valence-electron chi connectivity index (χ1n) is 4.75. The van der Waals surface area contributed by atoms with Gasteiger partial charge in [-0.3, -0.25) is 0 Å². The van der Waals surface area contributed by atoms with Gasteiger partial charge in [0, 0.05) is 0 Å². The molecule has 0 heterocycles. The van der Waals surface area contributed by atoms with E-state index >= 15 is 0 Å². The van der Waals surface area contributed by atoms with E-state index < -0.39 is 5.60 Å². The van der Waals surface area contributed by atoms with Crippen molar-refractivity contribution in [3.8, 4) is 0 Å². The molecular formula is C10H18O2. The molecule has 12 heavy (non-hydrogen) atoms. The summed E-state index contributed by atoms with van der Waals surface area (Å²) in [5, 5.41) is 0. The van der Waals surface area contributed by atoms with Crippen LogP contribution in [0.1, 0.15) is 40.0 Å². The van der Waals surface area contributed by atoms with E-state index in [1.165, 1.54) is 0 Å². The minimum absolute atomic E-state index is 0.149. The Kier molecular flexibility index (Phi) is 2.89. The zero-order valence-electron chi connectivity index (χ0n) is 8.17. The van der Waals surface area contributed by atoms with Gasteiger partial charge in [0.15, 0.2) is 6.29 Å². The summed E-state index contributed by atoms with van der Waals surface area (Å²) in [6, 6.07) is 0. The van der Waals surface area contributed by atoms with Crippen molar-refractivity contribution < 1.29 is 9.53 Å². The quantitative estimate of drug-likeness (QED) is 0.607. The molecule has 0 aliphatic heterocycles. The predicted molar refractivity (Wildman–Crippen MR) is 48.0 cm³/mol. The molecule has 0 N–H and O–H groups in total. The second-order valence-electron chi connectivity index (χ2n) is 4.03. The van der Waals surface area contributed by atoms with Crippen molar-refractivity contribution in [2.75, 3.05) is 0 Å². The van der Waals surface area contributed by atoms with Gasteiger partial charge >= 0.3 is 0 Å². The second kappa shape index (κ2) is 3.56. The van der Waals surface area contributed by atoms with Crippen LogP contribution in [0, 0.1) is 5.92 Å². The minimum Gasteiger partial charge on any atom is -0.365 e. The van der Waals surface area contributed by atoms with Gasteiger partial charge in [-0.15, -0.1) is 0 Å². The lowest BCUT2D eigenvalue weighted by Crippen LogP contribution is -2.39. The van der Waals surface area contributed by atoms with E-state index in [1.54, 1.807) is 0 Å². The molecule has 0 bridgehead atoms. The molecule has 0 radical (unpaired) electrons. The maximum Gasteiger partial charge on any atom is 0.152 e. The first-order valence-corrected chi connectivity index (χ1v) is 4.75. The Bertz CT molecular complexity index is 165. The number of ether oxygens (including phenoxy) is 1. The fourth-order valence-electron chi connectivity index (χ4n) is 1.99. The van der Waals surface area contributed by atoms with Gasteiger partial charge in [0.1, 0.15) is 5.60 Å². The van der Waals surface area contributed by atoms with Crippen LogP contribution in [0.25, 0.3) is 0 Å². The molecular weight excluding hydrogens is 152 g/mol. The van der Waals surface area contributed by atoms with Crippen LogP contribution in [0.5, 0.6) is 0 Å². The Morgan fingerprint density at radius 3 is 2.58 bits per heavy atom. The molecule has 1 aliphatic carbocycles. The van der Waals surface area contributed by atoms with Gasteiger partial charge in [-0.2, -0.15) is 0 Å². The van der Waals surface area contributed by atoms with E-state index in [-0.39, 0.29) is 6.10 Å². The summed E-state index contributed by atoms with van der Waals surface area (Å²) >= 11 is 0. The van der Waals surface area contributed by atoms with Crippen LogP contribution in [0.2, 0.25) is 0 Å². The second-order valence-corrected chi connectivity index (χ2v) is 4.03. The summed E-state index contributed by atoms with van der Waals surface area (Å²) in [5.74, 6) is 0.386. The first-order chi connectivity index (χ1) is 5.60. The van der Waals surface area contributed by atoms with Crippen molar-refractivity contribution in [2.45, 2.75) is 51.7 Å². The number of carbonyl (C=O) groups is 1. The third-order valence-electron chi connectivity index (χ3n) is 2.69. The summed E-state index contributed by atoms with van der Waals surface area (Å²) < 4.78 is 5.69. The predicted octanol–water partition coefficient (Wildman–Crippen LogP) is 2.17. The summed E-state index contributed by atoms with van der Waals surface area (Å²) in [4.78, 5) is 11.0. The lowest BCUT2D eigenvalue weighted by molar-refractivity contribution is -0.143. The fraction of sp³-hybridized carbons (Fsp3) is 0.900. The zero-order valence-corrected chi connectivity index (χ0v) is 8.17. The molecule has 0 aromatic rings. The third-order valence-corrected chi connectivity index (χ3v) is 2.69. The fourth-order valence-corrected chi connectivity index (χ4v) is 1.99. The maximum atomic E-state index is 11.0. The van der Waals surface area contributed by atoms with Crippen LogP contribution in [0.3, 0.4) is 0 Å². The molecule has 0 aromatic carbocycles. The van der Waals surface area contributed by atoms with Gasteiger partial charge < -0.3 is 9.53 Å². The van der Waals surface area contributed by atoms with Gasteiger partial charge in [-0.25, -0.2) is 0 Å². The highest BCUT2D eigenvalue weighted by molar-refractivity contribution is 5.63. The third kappa shape index (κ3) is 1.69. The highest BCUT2D eigenvalue weighted by Crippen LogP contribution is 2.37.